The molecule has 0 saturated carbocycles. The van der Waals surface area contributed by atoms with Gasteiger partial charge >= 0.3 is 5.97 Å². The lowest BCUT2D eigenvalue weighted by atomic mass is 9.75. The van der Waals surface area contributed by atoms with Gasteiger partial charge in [0.05, 0.1) is 12.2 Å². The highest BCUT2D eigenvalue weighted by molar-refractivity contribution is 6.30. The first kappa shape index (κ1) is 17.7. The van der Waals surface area contributed by atoms with E-state index in [1.165, 1.54) is 0 Å². The number of nitrogens with one attached hydrogen (secondary N) is 1. The average Bonchev–Trinajstić information content (AvgIpc) is 2.61. The van der Waals surface area contributed by atoms with Crippen LogP contribution < -0.4 is 5.32 Å². The van der Waals surface area contributed by atoms with Gasteiger partial charge in [0, 0.05) is 34.3 Å². The Kier molecular flexibility index (Phi) is 5.28. The Bertz CT molecular complexity index is 762. The van der Waals surface area contributed by atoms with Crippen LogP contribution in [0.2, 0.25) is 5.02 Å². The molecule has 25 heavy (non-hydrogen) atoms. The molecule has 3 rings (SSSR count). The molecular formula is C20H22ClNO3. The molecule has 1 aliphatic heterocycles. The molecule has 0 unspecified atom stereocenters. The van der Waals surface area contributed by atoms with Crippen molar-refractivity contribution in [3.63, 3.8) is 0 Å². The maximum Gasteiger partial charge on any atom is 0.336 e. The molecule has 2 aliphatic rings. The summed E-state index contributed by atoms with van der Waals surface area (Å²) in [5, 5.41) is 3.97. The largest absolute Gasteiger partial charge is 0.463 e. The van der Waals surface area contributed by atoms with Crippen LogP contribution in [0.15, 0.2) is 46.8 Å². The van der Waals surface area contributed by atoms with Crippen molar-refractivity contribution in [3.05, 3.63) is 57.4 Å². The zero-order valence-electron chi connectivity index (χ0n) is 14.5. The molecule has 4 nitrogen and oxygen atoms in total. The number of allylic oxidation sites excluding steroid dienone is 3. The Morgan fingerprint density at radius 2 is 1.96 bits per heavy atom. The number of hydrogen-bond donors (Lipinski definition) is 1. The van der Waals surface area contributed by atoms with E-state index in [0.717, 1.165) is 29.8 Å². The van der Waals surface area contributed by atoms with E-state index in [-0.39, 0.29) is 11.8 Å². The first-order valence-corrected chi connectivity index (χ1v) is 9.13. The molecule has 132 valence electrons. The van der Waals surface area contributed by atoms with Crippen LogP contribution in [-0.4, -0.2) is 18.4 Å². The molecule has 1 aromatic rings. The third kappa shape index (κ3) is 3.36. The molecule has 0 radical (unpaired) electrons. The highest BCUT2D eigenvalue weighted by Gasteiger charge is 2.39. The number of hydrogen-bond acceptors (Lipinski definition) is 4. The minimum atomic E-state index is -0.393. The SMILES string of the molecule is CCOC(=O)C1=C(CC)NC2=C(C(=O)CCC2)[C@H]1c1ccc(Cl)cc1. The third-order valence-corrected chi connectivity index (χ3v) is 4.96. The van der Waals surface area contributed by atoms with Crippen LogP contribution in [0.25, 0.3) is 0 Å². The van der Waals surface area contributed by atoms with Crippen LogP contribution in [0.1, 0.15) is 51.0 Å². The van der Waals surface area contributed by atoms with Crippen molar-refractivity contribution in [2.75, 3.05) is 6.61 Å². The number of rotatable bonds is 4. The van der Waals surface area contributed by atoms with Gasteiger partial charge in [-0.2, -0.15) is 0 Å². The highest BCUT2D eigenvalue weighted by atomic mass is 35.5. The van der Waals surface area contributed by atoms with E-state index in [4.69, 9.17) is 16.3 Å². The fourth-order valence-corrected chi connectivity index (χ4v) is 3.74. The molecule has 0 bridgehead atoms. The summed E-state index contributed by atoms with van der Waals surface area (Å²) in [6.07, 6.45) is 2.85. The van der Waals surface area contributed by atoms with Crippen molar-refractivity contribution in [1.82, 2.24) is 5.32 Å². The Hall–Kier alpha value is -2.07. The third-order valence-electron chi connectivity index (χ3n) is 4.71. The summed E-state index contributed by atoms with van der Waals surface area (Å²) in [6, 6.07) is 7.36. The van der Waals surface area contributed by atoms with Crippen molar-refractivity contribution in [2.24, 2.45) is 0 Å². The zero-order valence-corrected chi connectivity index (χ0v) is 15.3. The van der Waals surface area contributed by atoms with Crippen molar-refractivity contribution in [2.45, 2.75) is 45.4 Å². The minimum absolute atomic E-state index is 0.102. The van der Waals surface area contributed by atoms with Gasteiger partial charge in [0.25, 0.3) is 0 Å². The fraction of sp³-hybridized carbons (Fsp3) is 0.400. The van der Waals surface area contributed by atoms with Gasteiger partial charge in [0.15, 0.2) is 5.78 Å². The smallest absolute Gasteiger partial charge is 0.336 e. The molecule has 5 heteroatoms. The highest BCUT2D eigenvalue weighted by Crippen LogP contribution is 2.43. The number of esters is 1. The van der Waals surface area contributed by atoms with E-state index >= 15 is 0 Å². The summed E-state index contributed by atoms with van der Waals surface area (Å²) in [5.41, 5.74) is 3.92. The summed E-state index contributed by atoms with van der Waals surface area (Å²) in [6.45, 7) is 4.08. The lowest BCUT2D eigenvalue weighted by Gasteiger charge is -2.34. The molecule has 0 fully saturated rings. The second kappa shape index (κ2) is 7.44. The Morgan fingerprint density at radius 3 is 2.60 bits per heavy atom. The Morgan fingerprint density at radius 1 is 1.24 bits per heavy atom. The molecule has 1 aliphatic carbocycles. The lowest BCUT2D eigenvalue weighted by molar-refractivity contribution is -0.138. The molecule has 0 spiro atoms. The normalized spacial score (nSPS) is 20.3. The van der Waals surface area contributed by atoms with Crippen molar-refractivity contribution < 1.29 is 14.3 Å². The number of dihydropyridines is 1. The van der Waals surface area contributed by atoms with E-state index < -0.39 is 5.92 Å². The average molecular weight is 360 g/mol. The van der Waals surface area contributed by atoms with Crippen molar-refractivity contribution >= 4 is 23.4 Å². The number of halogens is 1. The second-order valence-electron chi connectivity index (χ2n) is 6.24. The van der Waals surface area contributed by atoms with Gasteiger partial charge in [-0.1, -0.05) is 30.7 Å². The van der Waals surface area contributed by atoms with Gasteiger partial charge in [-0.25, -0.2) is 4.79 Å². The Labute approximate surface area is 152 Å². The molecule has 1 N–H and O–H groups in total. The van der Waals surface area contributed by atoms with Gasteiger partial charge in [-0.05, 0) is 43.9 Å². The van der Waals surface area contributed by atoms with Crippen molar-refractivity contribution in [3.8, 4) is 0 Å². The molecule has 0 aromatic heterocycles. The fourth-order valence-electron chi connectivity index (χ4n) is 3.61. The first-order valence-electron chi connectivity index (χ1n) is 8.75. The van der Waals surface area contributed by atoms with E-state index in [9.17, 15) is 9.59 Å². The predicted molar refractivity (Wildman–Crippen MR) is 97.2 cm³/mol. The zero-order chi connectivity index (χ0) is 18.0. The van der Waals surface area contributed by atoms with E-state index in [1.807, 2.05) is 19.1 Å². The number of ketones is 1. The quantitative estimate of drug-likeness (QED) is 0.816. The number of benzene rings is 1. The summed E-state index contributed by atoms with van der Waals surface area (Å²) in [4.78, 5) is 25.4. The van der Waals surface area contributed by atoms with Gasteiger partial charge in [-0.3, -0.25) is 4.79 Å². The molecule has 1 atom stereocenters. The Balaban J connectivity index is 2.18. The van der Waals surface area contributed by atoms with Gasteiger partial charge in [-0.15, -0.1) is 0 Å². The maximum atomic E-state index is 12.7. The van der Waals surface area contributed by atoms with Crippen LogP contribution in [0.3, 0.4) is 0 Å². The van der Waals surface area contributed by atoms with Crippen LogP contribution in [0, 0.1) is 0 Å². The number of ether oxygens (including phenoxy) is 1. The first-order chi connectivity index (χ1) is 12.1. The summed E-state index contributed by atoms with van der Waals surface area (Å²) >= 11 is 6.03. The van der Waals surface area contributed by atoms with Gasteiger partial charge in [0.1, 0.15) is 0 Å². The standard InChI is InChI=1S/C20H22ClNO3/c1-3-14-19(20(24)25-4-2)17(12-8-10-13(21)11-9-12)18-15(22-14)6-5-7-16(18)23/h8-11,17,22H,3-7H2,1-2H3/t17-/m1/s1. The molecule has 1 aromatic carbocycles. The molecular weight excluding hydrogens is 338 g/mol. The minimum Gasteiger partial charge on any atom is -0.463 e. The van der Waals surface area contributed by atoms with Gasteiger partial charge < -0.3 is 10.1 Å². The van der Waals surface area contributed by atoms with Crippen molar-refractivity contribution in [1.29, 1.82) is 0 Å². The van der Waals surface area contributed by atoms with E-state index in [0.29, 0.717) is 35.6 Å². The topological polar surface area (TPSA) is 55.4 Å². The molecule has 0 amide bonds. The van der Waals surface area contributed by atoms with E-state index in [1.54, 1.807) is 19.1 Å². The summed E-state index contributed by atoms with van der Waals surface area (Å²) in [7, 11) is 0. The lowest BCUT2D eigenvalue weighted by Crippen LogP contribution is -2.35. The van der Waals surface area contributed by atoms with E-state index in [2.05, 4.69) is 5.32 Å². The predicted octanol–water partition coefficient (Wildman–Crippen LogP) is 4.26. The summed E-state index contributed by atoms with van der Waals surface area (Å²) in [5.74, 6) is -0.655. The second-order valence-corrected chi connectivity index (χ2v) is 6.68. The maximum absolute atomic E-state index is 12.7. The monoisotopic (exact) mass is 359 g/mol. The summed E-state index contributed by atoms with van der Waals surface area (Å²) < 4.78 is 5.31. The molecule has 0 saturated heterocycles. The van der Waals surface area contributed by atoms with Crippen LogP contribution in [-0.2, 0) is 14.3 Å². The number of carbonyl (C=O) groups is 2. The number of carbonyl (C=O) groups excluding carboxylic acids is 2. The van der Waals surface area contributed by atoms with Gasteiger partial charge in [0.2, 0.25) is 0 Å². The molecule has 1 heterocycles. The number of Topliss-reactive ketones (excluding diaryl/α,β-unsaturated/α-hetero) is 1. The van der Waals surface area contributed by atoms with Crippen LogP contribution in [0.5, 0.6) is 0 Å². The van der Waals surface area contributed by atoms with Crippen LogP contribution in [0.4, 0.5) is 0 Å². The van der Waals surface area contributed by atoms with Crippen LogP contribution >= 0.6 is 11.6 Å².